The molecule has 1 saturated heterocycles. The number of nitrogens with zero attached hydrogens (tertiary/aromatic N) is 2. The highest BCUT2D eigenvalue weighted by molar-refractivity contribution is 5.73. The summed E-state index contributed by atoms with van der Waals surface area (Å²) in [6.07, 6.45) is 1.74. The van der Waals surface area contributed by atoms with Gasteiger partial charge in [-0.3, -0.25) is 9.59 Å². The van der Waals surface area contributed by atoms with Crippen molar-refractivity contribution in [3.8, 4) is 0 Å². The van der Waals surface area contributed by atoms with Gasteiger partial charge in [-0.2, -0.15) is 0 Å². The van der Waals surface area contributed by atoms with Crippen molar-refractivity contribution in [3.63, 3.8) is 0 Å². The average Bonchev–Trinajstić information content (AvgIpc) is 2.50. The van der Waals surface area contributed by atoms with Gasteiger partial charge in [0.05, 0.1) is 6.04 Å². The number of likely N-dealkylation sites (tertiary alicyclic amines) is 1. The summed E-state index contributed by atoms with van der Waals surface area (Å²) in [4.78, 5) is 24.7. The van der Waals surface area contributed by atoms with Gasteiger partial charge in [0.1, 0.15) is 0 Å². The van der Waals surface area contributed by atoms with E-state index in [1.165, 1.54) is 0 Å². The lowest BCUT2D eigenvalue weighted by Gasteiger charge is -2.22. The molecule has 4 heteroatoms. The van der Waals surface area contributed by atoms with Gasteiger partial charge in [-0.05, 0) is 6.42 Å². The maximum absolute atomic E-state index is 10.9. The molecule has 0 bridgehead atoms. The van der Waals surface area contributed by atoms with E-state index in [4.69, 9.17) is 0 Å². The van der Waals surface area contributed by atoms with Crippen molar-refractivity contribution in [1.82, 2.24) is 9.80 Å². The van der Waals surface area contributed by atoms with Gasteiger partial charge in [0.25, 0.3) is 0 Å². The number of hydrogen-bond acceptors (Lipinski definition) is 2. The third kappa shape index (κ3) is 1.75. The SMILES string of the molecule is CC(=O)N(C)[C@H]1CCN(C=O)C1. The molecule has 1 heterocycles. The third-order valence-corrected chi connectivity index (χ3v) is 2.39. The molecule has 0 spiro atoms. The van der Waals surface area contributed by atoms with Gasteiger partial charge in [-0.25, -0.2) is 0 Å². The van der Waals surface area contributed by atoms with Crippen LogP contribution in [-0.2, 0) is 9.59 Å². The summed E-state index contributed by atoms with van der Waals surface area (Å²) in [5.41, 5.74) is 0. The smallest absolute Gasteiger partial charge is 0.219 e. The number of carbonyl (C=O) groups is 2. The minimum atomic E-state index is 0.0627. The van der Waals surface area contributed by atoms with Gasteiger partial charge < -0.3 is 9.80 Å². The molecule has 2 amide bonds. The first-order valence-corrected chi connectivity index (χ1v) is 4.08. The number of likely N-dealkylation sites (N-methyl/N-ethyl adjacent to an activating group) is 1. The predicted octanol–water partition coefficient (Wildman–Crippen LogP) is -0.305. The molecule has 0 saturated carbocycles. The molecule has 1 rings (SSSR count). The summed E-state index contributed by atoms with van der Waals surface area (Å²) in [7, 11) is 1.78. The maximum Gasteiger partial charge on any atom is 0.219 e. The Morgan fingerprint density at radius 2 is 2.33 bits per heavy atom. The van der Waals surface area contributed by atoms with Crippen LogP contribution >= 0.6 is 0 Å². The van der Waals surface area contributed by atoms with Crippen LogP contribution in [0.4, 0.5) is 0 Å². The van der Waals surface area contributed by atoms with Crippen molar-refractivity contribution in [1.29, 1.82) is 0 Å². The van der Waals surface area contributed by atoms with Crippen molar-refractivity contribution in [2.24, 2.45) is 0 Å². The first kappa shape index (κ1) is 9.03. The Morgan fingerprint density at radius 3 is 2.75 bits per heavy atom. The first-order chi connectivity index (χ1) is 5.65. The number of amides is 2. The number of hydrogen-bond donors (Lipinski definition) is 0. The lowest BCUT2D eigenvalue weighted by Crippen LogP contribution is -2.37. The van der Waals surface area contributed by atoms with E-state index in [0.717, 1.165) is 19.4 Å². The molecule has 0 aromatic rings. The summed E-state index contributed by atoms with van der Waals surface area (Å²) >= 11 is 0. The molecule has 4 nitrogen and oxygen atoms in total. The average molecular weight is 170 g/mol. The monoisotopic (exact) mass is 170 g/mol. The Morgan fingerprint density at radius 1 is 1.67 bits per heavy atom. The summed E-state index contributed by atoms with van der Waals surface area (Å²) in [5.74, 6) is 0.0627. The van der Waals surface area contributed by atoms with Crippen LogP contribution in [0.5, 0.6) is 0 Å². The van der Waals surface area contributed by atoms with Crippen LogP contribution < -0.4 is 0 Å². The van der Waals surface area contributed by atoms with E-state index in [1.807, 2.05) is 0 Å². The molecule has 0 unspecified atom stereocenters. The van der Waals surface area contributed by atoms with Crippen LogP contribution in [0.15, 0.2) is 0 Å². The third-order valence-electron chi connectivity index (χ3n) is 2.39. The van der Waals surface area contributed by atoms with Crippen LogP contribution in [0.3, 0.4) is 0 Å². The summed E-state index contributed by atoms with van der Waals surface area (Å²) in [5, 5.41) is 0. The molecule has 1 atom stereocenters. The molecular weight excluding hydrogens is 156 g/mol. The molecule has 0 radical (unpaired) electrons. The van der Waals surface area contributed by atoms with Crippen LogP contribution in [0.1, 0.15) is 13.3 Å². The lowest BCUT2D eigenvalue weighted by atomic mass is 10.2. The van der Waals surface area contributed by atoms with Crippen LogP contribution in [0.25, 0.3) is 0 Å². The fourth-order valence-electron chi connectivity index (χ4n) is 1.44. The van der Waals surface area contributed by atoms with E-state index in [9.17, 15) is 9.59 Å². The molecule has 68 valence electrons. The second-order valence-electron chi connectivity index (χ2n) is 3.17. The van der Waals surface area contributed by atoms with Gasteiger partial charge in [-0.1, -0.05) is 0 Å². The van der Waals surface area contributed by atoms with E-state index in [1.54, 1.807) is 23.8 Å². The van der Waals surface area contributed by atoms with Gasteiger partial charge in [0.2, 0.25) is 12.3 Å². The molecule has 0 aliphatic carbocycles. The van der Waals surface area contributed by atoms with Crippen molar-refractivity contribution in [2.45, 2.75) is 19.4 Å². The van der Waals surface area contributed by atoms with E-state index < -0.39 is 0 Å². The van der Waals surface area contributed by atoms with E-state index in [-0.39, 0.29) is 11.9 Å². The molecule has 0 N–H and O–H groups in total. The Bertz CT molecular complexity index is 193. The van der Waals surface area contributed by atoms with Crippen LogP contribution in [-0.4, -0.2) is 48.3 Å². The summed E-state index contributed by atoms with van der Waals surface area (Å²) in [6.45, 7) is 2.99. The summed E-state index contributed by atoms with van der Waals surface area (Å²) < 4.78 is 0. The second-order valence-corrected chi connectivity index (χ2v) is 3.17. The van der Waals surface area contributed by atoms with Gasteiger partial charge >= 0.3 is 0 Å². The maximum atomic E-state index is 10.9. The Kier molecular flexibility index (Phi) is 2.68. The van der Waals surface area contributed by atoms with Gasteiger partial charge in [0, 0.05) is 27.1 Å². The largest absolute Gasteiger partial charge is 0.343 e. The topological polar surface area (TPSA) is 40.6 Å². The Balaban J connectivity index is 2.46. The fourth-order valence-corrected chi connectivity index (χ4v) is 1.44. The predicted molar refractivity (Wildman–Crippen MR) is 44.5 cm³/mol. The number of rotatable bonds is 2. The molecule has 1 fully saturated rings. The van der Waals surface area contributed by atoms with Gasteiger partial charge in [-0.15, -0.1) is 0 Å². The first-order valence-electron chi connectivity index (χ1n) is 4.08. The van der Waals surface area contributed by atoms with Crippen molar-refractivity contribution >= 4 is 12.3 Å². The standard InChI is InChI=1S/C8H14N2O2/c1-7(12)9(2)8-3-4-10(5-8)6-11/h6,8H,3-5H2,1-2H3/t8-/m0/s1. The highest BCUT2D eigenvalue weighted by Crippen LogP contribution is 2.12. The van der Waals surface area contributed by atoms with Crippen molar-refractivity contribution in [2.75, 3.05) is 20.1 Å². The second kappa shape index (κ2) is 3.56. The van der Waals surface area contributed by atoms with E-state index >= 15 is 0 Å². The van der Waals surface area contributed by atoms with Crippen molar-refractivity contribution in [3.05, 3.63) is 0 Å². The molecule has 12 heavy (non-hydrogen) atoms. The minimum absolute atomic E-state index is 0.0627. The molecule has 0 aromatic carbocycles. The van der Waals surface area contributed by atoms with Gasteiger partial charge in [0.15, 0.2) is 0 Å². The molecule has 1 aliphatic heterocycles. The normalized spacial score (nSPS) is 22.5. The van der Waals surface area contributed by atoms with Crippen LogP contribution in [0.2, 0.25) is 0 Å². The molecule has 0 aromatic heterocycles. The summed E-state index contributed by atoms with van der Waals surface area (Å²) in [6, 6.07) is 0.215. The molecular formula is C8H14N2O2. The Labute approximate surface area is 72.1 Å². The lowest BCUT2D eigenvalue weighted by molar-refractivity contribution is -0.129. The zero-order chi connectivity index (χ0) is 9.14. The quantitative estimate of drug-likeness (QED) is 0.534. The zero-order valence-corrected chi connectivity index (χ0v) is 7.49. The minimum Gasteiger partial charge on any atom is -0.343 e. The van der Waals surface area contributed by atoms with E-state index in [0.29, 0.717) is 6.54 Å². The van der Waals surface area contributed by atoms with Crippen LogP contribution in [0, 0.1) is 0 Å². The van der Waals surface area contributed by atoms with Crippen molar-refractivity contribution < 1.29 is 9.59 Å². The highest BCUT2D eigenvalue weighted by Gasteiger charge is 2.25. The zero-order valence-electron chi connectivity index (χ0n) is 7.49. The van der Waals surface area contributed by atoms with E-state index in [2.05, 4.69) is 0 Å². The fraction of sp³-hybridized carbons (Fsp3) is 0.750. The highest BCUT2D eigenvalue weighted by atomic mass is 16.2. The Hall–Kier alpha value is -1.06. The number of carbonyl (C=O) groups excluding carboxylic acids is 2. The molecule has 1 aliphatic rings.